The summed E-state index contributed by atoms with van der Waals surface area (Å²) in [5, 5.41) is 6.00. The van der Waals surface area contributed by atoms with Gasteiger partial charge in [-0.05, 0) is 29.1 Å². The summed E-state index contributed by atoms with van der Waals surface area (Å²) in [5.74, 6) is 0.820. The maximum atomic E-state index is 12.4. The Hall–Kier alpha value is -2.84. The Bertz CT molecular complexity index is 1100. The zero-order chi connectivity index (χ0) is 18.0. The van der Waals surface area contributed by atoms with Crippen molar-refractivity contribution in [3.63, 3.8) is 0 Å². The molecule has 0 saturated heterocycles. The van der Waals surface area contributed by atoms with Crippen LogP contribution in [0.4, 0.5) is 0 Å². The van der Waals surface area contributed by atoms with Crippen molar-refractivity contribution in [2.75, 3.05) is 0 Å². The Morgan fingerprint density at radius 3 is 2.54 bits per heavy atom. The van der Waals surface area contributed by atoms with Crippen molar-refractivity contribution in [1.82, 2.24) is 15.1 Å². The normalized spacial score (nSPS) is 11.5. The van der Waals surface area contributed by atoms with Gasteiger partial charge in [0.05, 0.1) is 10.6 Å². The Balaban J connectivity index is 1.54. The number of sulfone groups is 1. The number of hydrogen-bond donors (Lipinski definition) is 0. The summed E-state index contributed by atoms with van der Waals surface area (Å²) >= 11 is 1.52. The standard InChI is InChI=1S/C18H13N3O3S2/c22-26(23,16-5-1-2-10-19-16)12-13-6-8-14(9-7-13)17-20-18(24-21-17)15-4-3-11-25-15/h1-11H,12H2. The van der Waals surface area contributed by atoms with E-state index in [0.717, 1.165) is 10.4 Å². The van der Waals surface area contributed by atoms with E-state index in [9.17, 15) is 8.42 Å². The van der Waals surface area contributed by atoms with Gasteiger partial charge in [-0.15, -0.1) is 11.3 Å². The monoisotopic (exact) mass is 383 g/mol. The highest BCUT2D eigenvalue weighted by Crippen LogP contribution is 2.26. The molecule has 6 nitrogen and oxygen atoms in total. The van der Waals surface area contributed by atoms with Gasteiger partial charge in [-0.25, -0.2) is 13.4 Å². The van der Waals surface area contributed by atoms with Crippen LogP contribution in [0.25, 0.3) is 22.2 Å². The molecule has 0 unspecified atom stereocenters. The Labute approximate surface area is 154 Å². The lowest BCUT2D eigenvalue weighted by atomic mass is 10.1. The molecular formula is C18H13N3O3S2. The molecule has 26 heavy (non-hydrogen) atoms. The number of thiophene rings is 1. The van der Waals surface area contributed by atoms with Crippen LogP contribution < -0.4 is 0 Å². The fourth-order valence-corrected chi connectivity index (χ4v) is 4.35. The summed E-state index contributed by atoms with van der Waals surface area (Å²) in [6.07, 6.45) is 1.47. The van der Waals surface area contributed by atoms with Crippen LogP contribution in [-0.2, 0) is 15.6 Å². The topological polar surface area (TPSA) is 86.0 Å². The fraction of sp³-hybridized carbons (Fsp3) is 0.0556. The first-order chi connectivity index (χ1) is 12.6. The van der Waals surface area contributed by atoms with E-state index < -0.39 is 9.84 Å². The lowest BCUT2D eigenvalue weighted by Gasteiger charge is -2.04. The van der Waals surface area contributed by atoms with E-state index in [1.54, 1.807) is 36.4 Å². The number of rotatable bonds is 5. The molecule has 0 aliphatic heterocycles. The summed E-state index contributed by atoms with van der Waals surface area (Å²) in [6.45, 7) is 0. The van der Waals surface area contributed by atoms with E-state index in [4.69, 9.17) is 4.52 Å². The van der Waals surface area contributed by atoms with E-state index in [2.05, 4.69) is 15.1 Å². The molecule has 0 aliphatic rings. The third-order valence-electron chi connectivity index (χ3n) is 3.68. The van der Waals surface area contributed by atoms with Crippen molar-refractivity contribution in [2.24, 2.45) is 0 Å². The van der Waals surface area contributed by atoms with Gasteiger partial charge in [0, 0.05) is 11.8 Å². The van der Waals surface area contributed by atoms with Crippen molar-refractivity contribution in [1.29, 1.82) is 0 Å². The van der Waals surface area contributed by atoms with Gasteiger partial charge in [0.2, 0.25) is 5.82 Å². The van der Waals surface area contributed by atoms with Crippen LogP contribution >= 0.6 is 11.3 Å². The van der Waals surface area contributed by atoms with Gasteiger partial charge in [-0.3, -0.25) is 0 Å². The van der Waals surface area contributed by atoms with E-state index in [1.165, 1.54) is 23.6 Å². The SMILES string of the molecule is O=S(=O)(Cc1ccc(-c2noc(-c3cccs3)n2)cc1)c1ccccn1. The minimum absolute atomic E-state index is 0.0721. The van der Waals surface area contributed by atoms with Gasteiger partial charge >= 0.3 is 0 Å². The molecule has 1 aromatic carbocycles. The highest BCUT2D eigenvalue weighted by Gasteiger charge is 2.17. The van der Waals surface area contributed by atoms with E-state index in [-0.39, 0.29) is 10.8 Å². The molecular weight excluding hydrogens is 370 g/mol. The molecule has 0 saturated carbocycles. The predicted octanol–water partition coefficient (Wildman–Crippen LogP) is 3.83. The molecule has 0 aliphatic carbocycles. The van der Waals surface area contributed by atoms with Crippen LogP contribution in [0.3, 0.4) is 0 Å². The van der Waals surface area contributed by atoms with Gasteiger partial charge in [-0.1, -0.05) is 41.6 Å². The molecule has 0 atom stereocenters. The molecule has 3 aromatic heterocycles. The number of benzene rings is 1. The summed E-state index contributed by atoms with van der Waals surface area (Å²) in [4.78, 5) is 9.20. The fourth-order valence-electron chi connectivity index (χ4n) is 2.42. The highest BCUT2D eigenvalue weighted by atomic mass is 32.2. The highest BCUT2D eigenvalue weighted by molar-refractivity contribution is 7.90. The largest absolute Gasteiger partial charge is 0.333 e. The zero-order valence-corrected chi connectivity index (χ0v) is 15.1. The minimum Gasteiger partial charge on any atom is -0.333 e. The minimum atomic E-state index is -3.48. The van der Waals surface area contributed by atoms with Gasteiger partial charge in [0.15, 0.2) is 14.9 Å². The molecule has 8 heteroatoms. The van der Waals surface area contributed by atoms with Crippen LogP contribution in [0, 0.1) is 0 Å². The molecule has 0 radical (unpaired) electrons. The van der Waals surface area contributed by atoms with E-state index in [1.807, 2.05) is 17.5 Å². The first kappa shape index (κ1) is 16.6. The smallest absolute Gasteiger partial charge is 0.268 e. The Kier molecular flexibility index (Phi) is 4.36. The molecule has 4 aromatic rings. The molecule has 0 amide bonds. The van der Waals surface area contributed by atoms with Crippen LogP contribution in [0.15, 0.2) is 75.7 Å². The Morgan fingerprint density at radius 1 is 1.00 bits per heavy atom. The number of hydrogen-bond acceptors (Lipinski definition) is 7. The first-order valence-corrected chi connectivity index (χ1v) is 10.3. The molecule has 0 fully saturated rings. The third kappa shape index (κ3) is 3.42. The van der Waals surface area contributed by atoms with Crippen molar-refractivity contribution >= 4 is 21.2 Å². The van der Waals surface area contributed by atoms with Gasteiger partial charge in [0.25, 0.3) is 5.89 Å². The van der Waals surface area contributed by atoms with Crippen molar-refractivity contribution < 1.29 is 12.9 Å². The average Bonchev–Trinajstić information content (AvgIpc) is 3.34. The van der Waals surface area contributed by atoms with Crippen LogP contribution in [-0.4, -0.2) is 23.5 Å². The second-order valence-corrected chi connectivity index (χ2v) is 8.41. The quantitative estimate of drug-likeness (QED) is 0.520. The lowest BCUT2D eigenvalue weighted by molar-refractivity contribution is 0.433. The van der Waals surface area contributed by atoms with Crippen molar-refractivity contribution in [3.8, 4) is 22.2 Å². The first-order valence-electron chi connectivity index (χ1n) is 7.72. The Morgan fingerprint density at radius 2 is 1.85 bits per heavy atom. The number of aromatic nitrogens is 3. The molecule has 4 rings (SSSR count). The molecule has 130 valence electrons. The molecule has 0 bridgehead atoms. The van der Waals surface area contributed by atoms with Crippen molar-refractivity contribution in [3.05, 3.63) is 71.7 Å². The molecule has 0 spiro atoms. The van der Waals surface area contributed by atoms with Crippen LogP contribution in [0.1, 0.15) is 5.56 Å². The van der Waals surface area contributed by atoms with Gasteiger partial charge in [0.1, 0.15) is 0 Å². The maximum absolute atomic E-state index is 12.4. The number of nitrogens with zero attached hydrogens (tertiary/aromatic N) is 3. The van der Waals surface area contributed by atoms with E-state index in [0.29, 0.717) is 17.3 Å². The van der Waals surface area contributed by atoms with Gasteiger partial charge in [-0.2, -0.15) is 4.98 Å². The van der Waals surface area contributed by atoms with Crippen molar-refractivity contribution in [2.45, 2.75) is 10.8 Å². The molecule has 0 N–H and O–H groups in total. The average molecular weight is 383 g/mol. The third-order valence-corrected chi connectivity index (χ3v) is 6.13. The van der Waals surface area contributed by atoms with Gasteiger partial charge < -0.3 is 4.52 Å². The zero-order valence-electron chi connectivity index (χ0n) is 13.4. The number of pyridine rings is 1. The second-order valence-electron chi connectivity index (χ2n) is 5.52. The van der Waals surface area contributed by atoms with Crippen LogP contribution in [0.5, 0.6) is 0 Å². The predicted molar refractivity (Wildman–Crippen MR) is 98.2 cm³/mol. The lowest BCUT2D eigenvalue weighted by Crippen LogP contribution is -2.06. The van der Waals surface area contributed by atoms with E-state index >= 15 is 0 Å². The summed E-state index contributed by atoms with van der Waals surface area (Å²) < 4.78 is 30.1. The second kappa shape index (κ2) is 6.81. The molecule has 3 heterocycles. The summed E-state index contributed by atoms with van der Waals surface area (Å²) in [7, 11) is -3.48. The summed E-state index contributed by atoms with van der Waals surface area (Å²) in [5.41, 5.74) is 1.43. The maximum Gasteiger partial charge on any atom is 0.268 e. The summed E-state index contributed by atoms with van der Waals surface area (Å²) in [6, 6.07) is 15.7. The van der Waals surface area contributed by atoms with Crippen LogP contribution in [0.2, 0.25) is 0 Å².